The van der Waals surface area contributed by atoms with Crippen molar-refractivity contribution in [1.82, 2.24) is 42.5 Å². The summed E-state index contributed by atoms with van der Waals surface area (Å²) in [6.45, 7) is -3.36. The van der Waals surface area contributed by atoms with Gasteiger partial charge in [-0.25, -0.2) is 9.59 Å². The van der Waals surface area contributed by atoms with Crippen molar-refractivity contribution in [3.05, 3.63) is 34.4 Å². The molecule has 38 heteroatoms. The molecule has 1 rings (SSSR count). The third kappa shape index (κ3) is 23.3. The minimum Gasteiger partial charge on any atom is -0.481 e. The van der Waals surface area contributed by atoms with E-state index in [0.717, 1.165) is 13.8 Å². The molecular weight excluding hydrogens is 1120 g/mol. The number of amides is 8. The second-order valence-electron chi connectivity index (χ2n) is 16.3. The van der Waals surface area contributed by atoms with Crippen LogP contribution >= 0.6 is 0 Å². The number of carbonyl (C=O) groups is 20. The largest absolute Gasteiger partial charge is 0.481 e. The summed E-state index contributed by atoms with van der Waals surface area (Å²) < 4.78 is 18.0. The fourth-order valence-electron chi connectivity index (χ4n) is 6.46. The molecule has 0 aromatic heterocycles. The first-order valence-corrected chi connectivity index (χ1v) is 22.6. The summed E-state index contributed by atoms with van der Waals surface area (Å²) in [7, 11) is 0. The van der Waals surface area contributed by atoms with Crippen molar-refractivity contribution in [3.63, 3.8) is 0 Å². The standard InChI is InChI=1S/C44H50N8O30/c1-17(57)19-4-22(36(68)49-27(9-79-13-53)40(72)50-28(10-80-14-54)41(73)51-29(11-81-15-55)42(74)52-30(44(77)78)12-82-16-56)20(18(2)58)3-21(19)35(67)45-23(5-31(59)60)37(69)46-24(6-32(61)62)38(70)47-25(7-33(63)64)39(71)48-26(43(75)76)8-34(65)66/h3-4,13-16,23-30H,5-12H2,1-2H3,(H,45,67)(H,46,69)(H,47,70)(H,48,71)(H,49,68)(H,50,72)(H,51,73)(H,52,74)(H,59,60)(H,61,62)(H,63,64)(H,65,66)(H,75,76)(H,77,78)/t23?,24-,25-,26-,27?,28-,29-,30-/m1/s1. The Labute approximate surface area is 456 Å². The van der Waals surface area contributed by atoms with Crippen LogP contribution < -0.4 is 42.5 Å². The molecule has 0 fully saturated rings. The van der Waals surface area contributed by atoms with Gasteiger partial charge in [0.25, 0.3) is 37.7 Å². The molecule has 82 heavy (non-hydrogen) atoms. The molecule has 0 aliphatic heterocycles. The van der Waals surface area contributed by atoms with Crippen molar-refractivity contribution in [3.8, 4) is 0 Å². The maximum Gasteiger partial charge on any atom is 0.329 e. The molecule has 1 aromatic carbocycles. The fourth-order valence-corrected chi connectivity index (χ4v) is 6.46. The molecule has 8 atom stereocenters. The van der Waals surface area contributed by atoms with Crippen LogP contribution in [0.2, 0.25) is 0 Å². The number of carbonyl (C=O) groups excluding carboxylic acids is 14. The Morgan fingerprint density at radius 2 is 0.561 bits per heavy atom. The number of ether oxygens (including phenoxy) is 4. The summed E-state index contributed by atoms with van der Waals surface area (Å²) in [5.74, 6) is -25.6. The summed E-state index contributed by atoms with van der Waals surface area (Å²) in [6, 6.07) is -16.2. The van der Waals surface area contributed by atoms with E-state index in [1.807, 2.05) is 26.6 Å². The molecule has 2 unspecified atom stereocenters. The predicted molar refractivity (Wildman–Crippen MR) is 253 cm³/mol. The quantitative estimate of drug-likeness (QED) is 0.0165. The van der Waals surface area contributed by atoms with Crippen molar-refractivity contribution >= 4 is 121 Å². The number of hydrogen-bond donors (Lipinski definition) is 14. The van der Waals surface area contributed by atoms with Gasteiger partial charge in [-0.1, -0.05) is 0 Å². The molecule has 0 saturated heterocycles. The SMILES string of the molecule is CC(=O)c1cc(C(=O)NC(CC(=O)O)C(=O)N[C@H](CC(=O)O)C(=O)N[C@H](CC(=O)O)C(=O)N[C@H](CC(=O)O)C(=O)O)c(C(C)=O)cc1C(=O)NC(COC=O)C(=O)N[C@H](COC=O)C(=O)N[C@H](COC=O)C(=O)N[C@H](COC=O)C(=O)O. The van der Waals surface area contributed by atoms with E-state index >= 15 is 0 Å². The first-order valence-electron chi connectivity index (χ1n) is 22.6. The molecule has 0 radical (unpaired) electrons. The Hall–Kier alpha value is -11.0. The van der Waals surface area contributed by atoms with Crippen LogP contribution in [0.4, 0.5) is 0 Å². The Bertz CT molecular complexity index is 2710. The van der Waals surface area contributed by atoms with Gasteiger partial charge in [0.1, 0.15) is 68.7 Å². The number of rotatable bonds is 40. The number of ketones is 2. The van der Waals surface area contributed by atoms with E-state index in [-0.39, 0.29) is 25.9 Å². The molecule has 0 aliphatic carbocycles. The van der Waals surface area contributed by atoms with Gasteiger partial charge in [-0.15, -0.1) is 0 Å². The van der Waals surface area contributed by atoms with Gasteiger partial charge in [0, 0.05) is 11.1 Å². The highest BCUT2D eigenvalue weighted by Gasteiger charge is 2.37. The molecule has 0 heterocycles. The number of aliphatic carboxylic acids is 6. The number of carboxylic acid groups (broad SMARTS) is 6. The van der Waals surface area contributed by atoms with Crippen molar-refractivity contribution in [1.29, 1.82) is 0 Å². The first-order chi connectivity index (χ1) is 38.4. The van der Waals surface area contributed by atoms with Crippen LogP contribution in [0.5, 0.6) is 0 Å². The Balaban J connectivity index is 3.71. The Morgan fingerprint density at radius 1 is 0.341 bits per heavy atom. The number of carboxylic acids is 6. The highest BCUT2D eigenvalue weighted by molar-refractivity contribution is 6.15. The Kier molecular flexibility index (Phi) is 28.6. The molecule has 446 valence electrons. The lowest BCUT2D eigenvalue weighted by Crippen LogP contribution is -2.60. The van der Waals surface area contributed by atoms with Crippen molar-refractivity contribution in [2.24, 2.45) is 0 Å². The van der Waals surface area contributed by atoms with Gasteiger partial charge in [0.2, 0.25) is 35.4 Å². The molecule has 0 aliphatic rings. The second-order valence-corrected chi connectivity index (χ2v) is 16.3. The van der Waals surface area contributed by atoms with Gasteiger partial charge in [-0.05, 0) is 26.0 Å². The van der Waals surface area contributed by atoms with E-state index in [0.29, 0.717) is 12.1 Å². The van der Waals surface area contributed by atoms with Crippen molar-refractivity contribution in [2.75, 3.05) is 26.4 Å². The minimum atomic E-state index is -2.38. The van der Waals surface area contributed by atoms with E-state index in [2.05, 4.69) is 18.9 Å². The molecule has 8 amide bonds. The second kappa shape index (κ2) is 34.0. The van der Waals surface area contributed by atoms with Gasteiger partial charge in [0.15, 0.2) is 17.6 Å². The predicted octanol–water partition coefficient (Wildman–Crippen LogP) is -8.04. The molecule has 38 nitrogen and oxygen atoms in total. The lowest BCUT2D eigenvalue weighted by atomic mass is 9.93. The van der Waals surface area contributed by atoms with Crippen molar-refractivity contribution < 1.29 is 145 Å². The van der Waals surface area contributed by atoms with E-state index in [1.165, 1.54) is 0 Å². The zero-order chi connectivity index (χ0) is 62.6. The number of benzene rings is 1. The molecule has 14 N–H and O–H groups in total. The van der Waals surface area contributed by atoms with E-state index < -0.39 is 217 Å². The number of hydrogen-bond acceptors (Lipinski definition) is 24. The highest BCUT2D eigenvalue weighted by Crippen LogP contribution is 2.21. The smallest absolute Gasteiger partial charge is 0.329 e. The zero-order valence-corrected chi connectivity index (χ0v) is 42.2. The van der Waals surface area contributed by atoms with Gasteiger partial charge in [-0.2, -0.15) is 0 Å². The fraction of sp³-hybridized carbons (Fsp3) is 0.409. The summed E-state index contributed by atoms with van der Waals surface area (Å²) in [4.78, 5) is 247. The molecule has 0 bridgehead atoms. The normalized spacial score (nSPS) is 13.3. The van der Waals surface area contributed by atoms with Crippen LogP contribution in [-0.2, 0) is 95.7 Å². The summed E-state index contributed by atoms with van der Waals surface area (Å²) in [5, 5.41) is 71.0. The lowest BCUT2D eigenvalue weighted by Gasteiger charge is -2.25. The highest BCUT2D eigenvalue weighted by atomic mass is 16.5. The summed E-state index contributed by atoms with van der Waals surface area (Å²) in [6.07, 6.45) is -5.43. The van der Waals surface area contributed by atoms with Crippen LogP contribution in [0.1, 0.15) is 81.0 Å². The molecule has 0 spiro atoms. The van der Waals surface area contributed by atoms with Gasteiger partial charge in [-0.3, -0.25) is 86.3 Å². The van der Waals surface area contributed by atoms with Crippen LogP contribution in [-0.4, -0.2) is 226 Å². The Morgan fingerprint density at radius 3 is 0.841 bits per heavy atom. The topological polar surface area (TPSA) is 596 Å². The minimum absolute atomic E-state index is 0.160. The average molecular weight is 1170 g/mol. The first kappa shape index (κ1) is 69.0. The average Bonchev–Trinajstić information content (AvgIpc) is 3.54. The van der Waals surface area contributed by atoms with E-state index in [4.69, 9.17) is 5.11 Å². The third-order valence-electron chi connectivity index (χ3n) is 10.2. The monoisotopic (exact) mass is 1170 g/mol. The van der Waals surface area contributed by atoms with Crippen LogP contribution in [0.15, 0.2) is 12.1 Å². The maximum absolute atomic E-state index is 13.9. The number of Topliss-reactive ketones (excluding diaryl/α,β-unsaturated/α-hetero) is 2. The summed E-state index contributed by atoms with van der Waals surface area (Å²) in [5.41, 5.74) is -3.29. The maximum atomic E-state index is 13.9. The van der Waals surface area contributed by atoms with Crippen molar-refractivity contribution in [2.45, 2.75) is 87.9 Å². The molecule has 1 aromatic rings. The molecular formula is C44H50N8O30. The van der Waals surface area contributed by atoms with Crippen LogP contribution in [0.25, 0.3) is 0 Å². The molecule has 0 saturated carbocycles. The van der Waals surface area contributed by atoms with E-state index in [1.54, 1.807) is 16.0 Å². The van der Waals surface area contributed by atoms with Crippen LogP contribution in [0.3, 0.4) is 0 Å². The van der Waals surface area contributed by atoms with Gasteiger partial charge < -0.3 is 92.1 Å². The van der Waals surface area contributed by atoms with E-state index in [9.17, 15) is 121 Å². The van der Waals surface area contributed by atoms with Gasteiger partial charge >= 0.3 is 35.8 Å². The third-order valence-corrected chi connectivity index (χ3v) is 10.2. The van der Waals surface area contributed by atoms with Gasteiger partial charge in [0.05, 0.1) is 36.8 Å². The zero-order valence-electron chi connectivity index (χ0n) is 42.2. The summed E-state index contributed by atoms with van der Waals surface area (Å²) >= 11 is 0. The van der Waals surface area contributed by atoms with Crippen LogP contribution in [0, 0.1) is 0 Å². The lowest BCUT2D eigenvalue weighted by molar-refractivity contribution is -0.148. The number of nitrogens with one attached hydrogen (secondary N) is 8.